The molecule has 1 aromatic rings. The summed E-state index contributed by atoms with van der Waals surface area (Å²) in [6, 6.07) is 0.431. The van der Waals surface area contributed by atoms with E-state index in [4.69, 9.17) is 11.6 Å². The van der Waals surface area contributed by atoms with E-state index in [0.717, 1.165) is 18.9 Å². The molecule has 82 valence electrons. The van der Waals surface area contributed by atoms with Crippen molar-refractivity contribution in [1.29, 1.82) is 0 Å². The highest BCUT2D eigenvalue weighted by Gasteiger charge is 2.11. The summed E-state index contributed by atoms with van der Waals surface area (Å²) in [7, 11) is 0. The van der Waals surface area contributed by atoms with Crippen molar-refractivity contribution in [1.82, 2.24) is 15.3 Å². The quantitative estimate of drug-likeness (QED) is 0.806. The van der Waals surface area contributed by atoms with E-state index >= 15 is 0 Å². The van der Waals surface area contributed by atoms with E-state index in [0.29, 0.717) is 11.2 Å². The van der Waals surface area contributed by atoms with Gasteiger partial charge in [-0.1, -0.05) is 18.0 Å². The number of hydrogen-bond acceptors (Lipinski definition) is 4. The minimum absolute atomic E-state index is 0.431. The van der Waals surface area contributed by atoms with Gasteiger partial charge in [-0.05, 0) is 19.4 Å². The Morgan fingerprint density at radius 2 is 2.33 bits per heavy atom. The lowest BCUT2D eigenvalue weighted by Crippen LogP contribution is -2.31. The van der Waals surface area contributed by atoms with Crippen LogP contribution in [0.5, 0.6) is 0 Å². The Morgan fingerprint density at radius 3 is 3.20 bits per heavy atom. The maximum Gasteiger partial charge on any atom is 0.149 e. The van der Waals surface area contributed by atoms with Crippen molar-refractivity contribution in [3.8, 4) is 0 Å². The van der Waals surface area contributed by atoms with Crippen molar-refractivity contribution in [2.45, 2.75) is 25.3 Å². The number of aromatic nitrogens is 2. The van der Waals surface area contributed by atoms with Crippen LogP contribution in [-0.2, 0) is 0 Å². The molecule has 2 N–H and O–H groups in total. The first kappa shape index (κ1) is 10.6. The van der Waals surface area contributed by atoms with Crippen LogP contribution in [0.15, 0.2) is 12.4 Å². The largest absolute Gasteiger partial charge is 0.365 e. The lowest BCUT2D eigenvalue weighted by Gasteiger charge is -2.16. The first-order chi connectivity index (χ1) is 7.34. The summed E-state index contributed by atoms with van der Waals surface area (Å²) in [5.74, 6) is 0.760. The molecule has 1 aromatic heterocycles. The van der Waals surface area contributed by atoms with Crippen molar-refractivity contribution in [2.24, 2.45) is 0 Å². The molecule has 2 heterocycles. The van der Waals surface area contributed by atoms with Crippen LogP contribution in [0.4, 0.5) is 5.82 Å². The second-order valence-electron chi connectivity index (χ2n) is 3.77. The minimum atomic E-state index is 0.431. The standard InChI is InChI=1S/C10H15ClN4/c11-9-6-13-7-10(15-9)14-8-3-1-2-4-12-5-8/h6-8,12H,1-5H2,(H,14,15). The first-order valence-corrected chi connectivity index (χ1v) is 5.67. The molecule has 1 atom stereocenters. The maximum absolute atomic E-state index is 5.77. The Morgan fingerprint density at radius 1 is 1.40 bits per heavy atom. The van der Waals surface area contributed by atoms with E-state index in [2.05, 4.69) is 20.6 Å². The molecule has 0 bridgehead atoms. The molecule has 0 aliphatic carbocycles. The van der Waals surface area contributed by atoms with Gasteiger partial charge in [-0.15, -0.1) is 0 Å². The van der Waals surface area contributed by atoms with Gasteiger partial charge >= 0.3 is 0 Å². The minimum Gasteiger partial charge on any atom is -0.365 e. The molecule has 0 saturated carbocycles. The number of nitrogens with zero attached hydrogens (tertiary/aromatic N) is 2. The van der Waals surface area contributed by atoms with E-state index < -0.39 is 0 Å². The molecule has 0 spiro atoms. The van der Waals surface area contributed by atoms with Gasteiger partial charge in [0, 0.05) is 12.6 Å². The molecule has 1 fully saturated rings. The molecule has 15 heavy (non-hydrogen) atoms. The molecule has 1 aliphatic heterocycles. The van der Waals surface area contributed by atoms with Crippen molar-refractivity contribution in [3.63, 3.8) is 0 Å². The molecular formula is C10H15ClN4. The predicted octanol–water partition coefficient (Wildman–Crippen LogP) is 1.68. The Balaban J connectivity index is 1.95. The third-order valence-corrected chi connectivity index (χ3v) is 2.69. The van der Waals surface area contributed by atoms with E-state index in [-0.39, 0.29) is 0 Å². The maximum atomic E-state index is 5.77. The van der Waals surface area contributed by atoms with Crippen LogP contribution >= 0.6 is 11.6 Å². The fourth-order valence-corrected chi connectivity index (χ4v) is 1.91. The van der Waals surface area contributed by atoms with Crippen molar-refractivity contribution in [3.05, 3.63) is 17.5 Å². The Kier molecular flexibility index (Phi) is 3.75. The van der Waals surface area contributed by atoms with E-state index in [9.17, 15) is 0 Å². The Labute approximate surface area is 94.5 Å². The average Bonchev–Trinajstić information content (AvgIpc) is 2.46. The van der Waals surface area contributed by atoms with Gasteiger partial charge in [-0.3, -0.25) is 4.98 Å². The highest BCUT2D eigenvalue weighted by atomic mass is 35.5. The zero-order chi connectivity index (χ0) is 10.5. The molecule has 0 aromatic carbocycles. The molecular weight excluding hydrogens is 212 g/mol. The van der Waals surface area contributed by atoms with E-state index in [1.165, 1.54) is 25.5 Å². The van der Waals surface area contributed by atoms with Crippen molar-refractivity contribution < 1.29 is 0 Å². The molecule has 1 unspecified atom stereocenters. The van der Waals surface area contributed by atoms with Gasteiger partial charge in [0.25, 0.3) is 0 Å². The van der Waals surface area contributed by atoms with Crippen LogP contribution in [0, 0.1) is 0 Å². The number of halogens is 1. The Bertz CT molecular complexity index is 310. The third-order valence-electron chi connectivity index (χ3n) is 2.50. The van der Waals surface area contributed by atoms with Gasteiger partial charge in [0.2, 0.25) is 0 Å². The van der Waals surface area contributed by atoms with Gasteiger partial charge < -0.3 is 10.6 Å². The lowest BCUT2D eigenvalue weighted by atomic mass is 10.1. The molecule has 1 saturated heterocycles. The fraction of sp³-hybridized carbons (Fsp3) is 0.600. The summed E-state index contributed by atoms with van der Waals surface area (Å²) < 4.78 is 0. The summed E-state index contributed by atoms with van der Waals surface area (Å²) >= 11 is 5.77. The zero-order valence-electron chi connectivity index (χ0n) is 8.54. The highest BCUT2D eigenvalue weighted by Crippen LogP contribution is 2.12. The average molecular weight is 227 g/mol. The normalized spacial score (nSPS) is 22.1. The SMILES string of the molecule is Clc1cncc(NC2CCCCNC2)n1. The second kappa shape index (κ2) is 5.28. The fourth-order valence-electron chi connectivity index (χ4n) is 1.76. The summed E-state index contributed by atoms with van der Waals surface area (Å²) in [6.45, 7) is 2.09. The summed E-state index contributed by atoms with van der Waals surface area (Å²) in [4.78, 5) is 8.16. The first-order valence-electron chi connectivity index (χ1n) is 5.29. The summed E-state index contributed by atoms with van der Waals surface area (Å²) in [6.07, 6.45) is 6.91. The highest BCUT2D eigenvalue weighted by molar-refractivity contribution is 6.29. The summed E-state index contributed by atoms with van der Waals surface area (Å²) in [5, 5.41) is 7.16. The van der Waals surface area contributed by atoms with Gasteiger partial charge in [0.15, 0.2) is 0 Å². The smallest absolute Gasteiger partial charge is 0.149 e. The topological polar surface area (TPSA) is 49.8 Å². The van der Waals surface area contributed by atoms with Crippen LogP contribution in [-0.4, -0.2) is 29.1 Å². The Hall–Kier alpha value is -0.870. The number of nitrogens with one attached hydrogen (secondary N) is 2. The lowest BCUT2D eigenvalue weighted by molar-refractivity contribution is 0.633. The van der Waals surface area contributed by atoms with Gasteiger partial charge in [-0.2, -0.15) is 0 Å². The van der Waals surface area contributed by atoms with Crippen LogP contribution in [0.3, 0.4) is 0 Å². The van der Waals surface area contributed by atoms with Gasteiger partial charge in [-0.25, -0.2) is 4.98 Å². The van der Waals surface area contributed by atoms with Gasteiger partial charge in [0.1, 0.15) is 11.0 Å². The van der Waals surface area contributed by atoms with Crippen molar-refractivity contribution in [2.75, 3.05) is 18.4 Å². The number of anilines is 1. The van der Waals surface area contributed by atoms with Crippen LogP contribution in [0.1, 0.15) is 19.3 Å². The monoisotopic (exact) mass is 226 g/mol. The summed E-state index contributed by atoms with van der Waals surface area (Å²) in [5.41, 5.74) is 0. The molecule has 5 heteroatoms. The van der Waals surface area contributed by atoms with Crippen molar-refractivity contribution >= 4 is 17.4 Å². The molecule has 0 amide bonds. The van der Waals surface area contributed by atoms with Gasteiger partial charge in [0.05, 0.1) is 12.4 Å². The molecule has 0 radical (unpaired) electrons. The molecule has 1 aliphatic rings. The number of hydrogen-bond donors (Lipinski definition) is 2. The third kappa shape index (κ3) is 3.32. The number of rotatable bonds is 2. The van der Waals surface area contributed by atoms with Crippen LogP contribution < -0.4 is 10.6 Å². The predicted molar refractivity (Wildman–Crippen MR) is 61.2 cm³/mol. The van der Waals surface area contributed by atoms with Crippen LogP contribution in [0.25, 0.3) is 0 Å². The molecule has 4 nitrogen and oxygen atoms in total. The molecule has 2 rings (SSSR count). The van der Waals surface area contributed by atoms with Crippen LogP contribution in [0.2, 0.25) is 5.15 Å². The van der Waals surface area contributed by atoms with E-state index in [1.54, 1.807) is 6.20 Å². The van der Waals surface area contributed by atoms with E-state index in [1.807, 2.05) is 0 Å². The second-order valence-corrected chi connectivity index (χ2v) is 4.16. The zero-order valence-corrected chi connectivity index (χ0v) is 9.30.